The monoisotopic (exact) mass is 397 g/mol. The Balaban J connectivity index is 0.00000312. The fourth-order valence-electron chi connectivity index (χ4n) is 2.63. The molecule has 6 heteroatoms. The maximum Gasteiger partial charge on any atom is 0.251 e. The Morgan fingerprint density at radius 1 is 1.00 bits per heavy atom. The highest BCUT2D eigenvalue weighted by Crippen LogP contribution is 2.13. The first kappa shape index (κ1) is 24.2. The molecule has 0 bridgehead atoms. The highest BCUT2D eigenvalue weighted by Gasteiger charge is 2.09. The Bertz CT molecular complexity index is 686. The molecule has 2 rings (SSSR count). The molecule has 4 nitrogen and oxygen atoms in total. The largest absolute Gasteiger partial charge is 0.399 e. The number of hydrogen-bond acceptors (Lipinski definition) is 3. The van der Waals surface area contributed by atoms with Crippen molar-refractivity contribution in [2.24, 2.45) is 0 Å². The van der Waals surface area contributed by atoms with E-state index in [1.807, 2.05) is 13.0 Å². The molecule has 1 amide bonds. The van der Waals surface area contributed by atoms with Crippen molar-refractivity contribution in [3.8, 4) is 0 Å². The van der Waals surface area contributed by atoms with E-state index in [1.54, 1.807) is 12.1 Å². The Labute approximate surface area is 169 Å². The van der Waals surface area contributed by atoms with Crippen LogP contribution in [-0.2, 0) is 13.1 Å². The van der Waals surface area contributed by atoms with Gasteiger partial charge >= 0.3 is 0 Å². The normalized spacial score (nSPS) is 10.0. The smallest absolute Gasteiger partial charge is 0.251 e. The van der Waals surface area contributed by atoms with Crippen molar-refractivity contribution < 1.29 is 4.79 Å². The molecule has 0 aliphatic rings. The van der Waals surface area contributed by atoms with Crippen LogP contribution in [0.15, 0.2) is 42.5 Å². The second kappa shape index (κ2) is 11.8. The van der Waals surface area contributed by atoms with Gasteiger partial charge in [0.25, 0.3) is 5.91 Å². The molecule has 0 saturated heterocycles. The number of amides is 1. The van der Waals surface area contributed by atoms with Gasteiger partial charge in [0, 0.05) is 24.3 Å². The van der Waals surface area contributed by atoms with Crippen molar-refractivity contribution in [1.82, 2.24) is 10.2 Å². The maximum atomic E-state index is 12.3. The van der Waals surface area contributed by atoms with E-state index in [9.17, 15) is 4.79 Å². The average Bonchev–Trinajstić information content (AvgIpc) is 2.60. The molecule has 3 N–H and O–H groups in total. The quantitative estimate of drug-likeness (QED) is 0.688. The predicted molar refractivity (Wildman–Crippen MR) is 114 cm³/mol. The van der Waals surface area contributed by atoms with Crippen LogP contribution in [0.2, 0.25) is 0 Å². The molecule has 2 aromatic carbocycles. The van der Waals surface area contributed by atoms with E-state index in [0.29, 0.717) is 17.8 Å². The van der Waals surface area contributed by atoms with Crippen molar-refractivity contribution >= 4 is 36.4 Å². The number of benzene rings is 2. The van der Waals surface area contributed by atoms with Crippen LogP contribution in [0.3, 0.4) is 0 Å². The van der Waals surface area contributed by atoms with Crippen molar-refractivity contribution in [1.29, 1.82) is 0 Å². The third kappa shape index (κ3) is 6.87. The van der Waals surface area contributed by atoms with Crippen molar-refractivity contribution in [3.05, 3.63) is 64.7 Å². The summed E-state index contributed by atoms with van der Waals surface area (Å²) in [7, 11) is 0. The standard InChI is InChI=1S/C20H27N3O.2ClH/c1-4-23(5-2)14-17-9-7-16(8-10-17)13-22-20(24)19-12-18(21)11-6-15(19)3;;/h6-12H,4-5,13-14,21H2,1-3H3,(H,22,24);2*1H. The van der Waals surface area contributed by atoms with Crippen LogP contribution in [0, 0.1) is 6.92 Å². The fraction of sp³-hybridized carbons (Fsp3) is 0.350. The van der Waals surface area contributed by atoms with Crippen LogP contribution in [0.1, 0.15) is 40.9 Å². The Morgan fingerprint density at radius 3 is 2.15 bits per heavy atom. The van der Waals surface area contributed by atoms with E-state index in [2.05, 4.69) is 48.3 Å². The molecule has 0 aliphatic carbocycles. The molecule has 0 aromatic heterocycles. The number of nitrogens with one attached hydrogen (secondary N) is 1. The zero-order valence-corrected chi connectivity index (χ0v) is 17.3. The second-order valence-corrected chi connectivity index (χ2v) is 6.03. The van der Waals surface area contributed by atoms with Crippen molar-refractivity contribution in [2.75, 3.05) is 18.8 Å². The molecule has 0 spiro atoms. The van der Waals surface area contributed by atoms with Gasteiger partial charge in [-0.05, 0) is 48.8 Å². The molecule has 144 valence electrons. The SMILES string of the molecule is CCN(CC)Cc1ccc(CNC(=O)c2cc(N)ccc2C)cc1.Cl.Cl. The van der Waals surface area contributed by atoms with Gasteiger partial charge in [0.15, 0.2) is 0 Å². The van der Waals surface area contributed by atoms with Gasteiger partial charge in [-0.3, -0.25) is 9.69 Å². The lowest BCUT2D eigenvalue weighted by atomic mass is 10.1. The van der Waals surface area contributed by atoms with Crippen LogP contribution in [0.5, 0.6) is 0 Å². The third-order valence-electron chi connectivity index (χ3n) is 4.28. The molecule has 0 aliphatic heterocycles. The van der Waals surface area contributed by atoms with E-state index < -0.39 is 0 Å². The predicted octanol–water partition coefficient (Wildman–Crippen LogP) is 4.19. The number of anilines is 1. The summed E-state index contributed by atoms with van der Waals surface area (Å²) < 4.78 is 0. The minimum Gasteiger partial charge on any atom is -0.399 e. The number of aryl methyl sites for hydroxylation is 1. The number of nitrogens with zero attached hydrogens (tertiary/aromatic N) is 1. The number of carbonyl (C=O) groups is 1. The van der Waals surface area contributed by atoms with E-state index in [4.69, 9.17) is 5.73 Å². The molecule has 26 heavy (non-hydrogen) atoms. The summed E-state index contributed by atoms with van der Waals surface area (Å²) in [5.41, 5.74) is 10.3. The van der Waals surface area contributed by atoms with Gasteiger partial charge in [-0.1, -0.05) is 44.2 Å². The topological polar surface area (TPSA) is 58.4 Å². The molecule has 0 heterocycles. The van der Waals surface area contributed by atoms with E-state index in [-0.39, 0.29) is 30.7 Å². The van der Waals surface area contributed by atoms with Crippen molar-refractivity contribution in [2.45, 2.75) is 33.9 Å². The summed E-state index contributed by atoms with van der Waals surface area (Å²) >= 11 is 0. The zero-order valence-electron chi connectivity index (χ0n) is 15.6. The maximum absolute atomic E-state index is 12.3. The van der Waals surface area contributed by atoms with Gasteiger partial charge in [-0.2, -0.15) is 0 Å². The minimum atomic E-state index is -0.0907. The Hall–Kier alpha value is -1.75. The molecule has 0 unspecified atom stereocenters. The lowest BCUT2D eigenvalue weighted by Gasteiger charge is -2.18. The number of rotatable bonds is 7. The summed E-state index contributed by atoms with van der Waals surface area (Å²) in [4.78, 5) is 14.7. The number of carbonyl (C=O) groups excluding carboxylic acids is 1. The van der Waals surface area contributed by atoms with Gasteiger partial charge in [0.05, 0.1) is 0 Å². The van der Waals surface area contributed by atoms with Crippen molar-refractivity contribution in [3.63, 3.8) is 0 Å². The first-order valence-corrected chi connectivity index (χ1v) is 8.48. The highest BCUT2D eigenvalue weighted by atomic mass is 35.5. The molecule has 0 fully saturated rings. The fourth-order valence-corrected chi connectivity index (χ4v) is 2.63. The lowest BCUT2D eigenvalue weighted by molar-refractivity contribution is 0.0950. The number of halogens is 2. The summed E-state index contributed by atoms with van der Waals surface area (Å²) in [6, 6.07) is 13.8. The summed E-state index contributed by atoms with van der Waals surface area (Å²) in [6.45, 7) is 9.83. The van der Waals surface area contributed by atoms with Gasteiger partial charge in [-0.25, -0.2) is 0 Å². The first-order valence-electron chi connectivity index (χ1n) is 8.48. The third-order valence-corrected chi connectivity index (χ3v) is 4.28. The van der Waals surface area contributed by atoms with E-state index in [1.165, 1.54) is 5.56 Å². The average molecular weight is 398 g/mol. The van der Waals surface area contributed by atoms with Crippen LogP contribution in [0.4, 0.5) is 5.69 Å². The lowest BCUT2D eigenvalue weighted by Crippen LogP contribution is -2.24. The summed E-state index contributed by atoms with van der Waals surface area (Å²) in [6.07, 6.45) is 0. The minimum absolute atomic E-state index is 0. The van der Waals surface area contributed by atoms with E-state index in [0.717, 1.165) is 30.8 Å². The molecular formula is C20H29Cl2N3O. The van der Waals surface area contributed by atoms with Gasteiger partial charge in [-0.15, -0.1) is 24.8 Å². The van der Waals surface area contributed by atoms with Crippen LogP contribution in [0.25, 0.3) is 0 Å². The second-order valence-electron chi connectivity index (χ2n) is 6.03. The van der Waals surface area contributed by atoms with Gasteiger partial charge in [0.2, 0.25) is 0 Å². The van der Waals surface area contributed by atoms with Crippen LogP contribution >= 0.6 is 24.8 Å². The number of hydrogen-bond donors (Lipinski definition) is 2. The Kier molecular flexibility index (Phi) is 11.0. The molecule has 0 saturated carbocycles. The highest BCUT2D eigenvalue weighted by molar-refractivity contribution is 5.96. The summed E-state index contributed by atoms with van der Waals surface area (Å²) in [5, 5.41) is 2.96. The Morgan fingerprint density at radius 2 is 1.58 bits per heavy atom. The molecule has 0 atom stereocenters. The molecular weight excluding hydrogens is 369 g/mol. The number of nitrogen functional groups attached to an aromatic ring is 1. The van der Waals surface area contributed by atoms with Crippen LogP contribution < -0.4 is 11.1 Å². The van der Waals surface area contributed by atoms with Crippen LogP contribution in [-0.4, -0.2) is 23.9 Å². The molecule has 0 radical (unpaired) electrons. The summed E-state index contributed by atoms with van der Waals surface area (Å²) in [5.74, 6) is -0.0907. The zero-order chi connectivity index (χ0) is 17.5. The van der Waals surface area contributed by atoms with Gasteiger partial charge < -0.3 is 11.1 Å². The van der Waals surface area contributed by atoms with E-state index >= 15 is 0 Å². The number of nitrogens with two attached hydrogens (primary N) is 1. The first-order chi connectivity index (χ1) is 11.5. The molecule has 2 aromatic rings. The van der Waals surface area contributed by atoms with Gasteiger partial charge in [0.1, 0.15) is 0 Å².